The normalized spacial score (nSPS) is 10.5. The largest absolute Gasteiger partial charge is 0.478 e. The van der Waals surface area contributed by atoms with Gasteiger partial charge in [-0.3, -0.25) is 4.79 Å². The number of benzene rings is 2. The van der Waals surface area contributed by atoms with Crippen molar-refractivity contribution in [3.63, 3.8) is 0 Å². The second-order valence-corrected chi connectivity index (χ2v) is 7.27. The molecular formula is C18H11BrClNO3S. The van der Waals surface area contributed by atoms with E-state index in [0.717, 1.165) is 10.0 Å². The summed E-state index contributed by atoms with van der Waals surface area (Å²) < 4.78 is 0.787. The summed E-state index contributed by atoms with van der Waals surface area (Å²) in [4.78, 5) is 24.7. The SMILES string of the molecule is O=C(Nc1csc(-c2ccccc2Br)c1C(=O)O)c1ccc(Cl)cc1. The predicted molar refractivity (Wildman–Crippen MR) is 104 cm³/mol. The van der Waals surface area contributed by atoms with Gasteiger partial charge in [-0.1, -0.05) is 45.7 Å². The van der Waals surface area contributed by atoms with E-state index in [0.29, 0.717) is 15.5 Å². The van der Waals surface area contributed by atoms with Crippen molar-refractivity contribution in [3.05, 3.63) is 74.5 Å². The first kappa shape index (κ1) is 17.7. The number of hydrogen-bond donors (Lipinski definition) is 2. The molecule has 3 rings (SSSR count). The zero-order valence-electron chi connectivity index (χ0n) is 12.6. The Labute approximate surface area is 161 Å². The fourth-order valence-corrected chi connectivity index (χ4v) is 4.07. The molecule has 7 heteroatoms. The van der Waals surface area contributed by atoms with E-state index in [4.69, 9.17) is 11.6 Å². The van der Waals surface area contributed by atoms with Gasteiger partial charge in [0.15, 0.2) is 0 Å². The number of carboxylic acid groups (broad SMARTS) is 1. The summed E-state index contributed by atoms with van der Waals surface area (Å²) in [6.45, 7) is 0. The number of thiophene rings is 1. The van der Waals surface area contributed by atoms with Gasteiger partial charge in [0.1, 0.15) is 5.56 Å². The molecule has 0 unspecified atom stereocenters. The van der Waals surface area contributed by atoms with E-state index < -0.39 is 11.9 Å². The van der Waals surface area contributed by atoms with E-state index in [1.165, 1.54) is 11.3 Å². The topological polar surface area (TPSA) is 66.4 Å². The fraction of sp³-hybridized carbons (Fsp3) is 0. The van der Waals surface area contributed by atoms with Crippen LogP contribution in [0, 0.1) is 0 Å². The van der Waals surface area contributed by atoms with Crippen molar-refractivity contribution < 1.29 is 14.7 Å². The number of carbonyl (C=O) groups excluding carboxylic acids is 1. The van der Waals surface area contributed by atoms with Gasteiger partial charge in [-0.2, -0.15) is 0 Å². The lowest BCUT2D eigenvalue weighted by atomic mass is 10.1. The van der Waals surface area contributed by atoms with Crippen LogP contribution in [-0.2, 0) is 0 Å². The molecule has 1 heterocycles. The highest BCUT2D eigenvalue weighted by Gasteiger charge is 2.22. The Morgan fingerprint density at radius 1 is 1.08 bits per heavy atom. The number of halogens is 2. The van der Waals surface area contributed by atoms with E-state index >= 15 is 0 Å². The van der Waals surface area contributed by atoms with Crippen LogP contribution in [0.5, 0.6) is 0 Å². The predicted octanol–water partition coefficient (Wildman–Crippen LogP) is 5.78. The highest BCUT2D eigenvalue weighted by atomic mass is 79.9. The smallest absolute Gasteiger partial charge is 0.339 e. The summed E-state index contributed by atoms with van der Waals surface area (Å²) >= 11 is 10.5. The monoisotopic (exact) mass is 435 g/mol. The lowest BCUT2D eigenvalue weighted by Crippen LogP contribution is -2.13. The van der Waals surface area contributed by atoms with Crippen LogP contribution in [0.1, 0.15) is 20.7 Å². The zero-order chi connectivity index (χ0) is 18.0. The van der Waals surface area contributed by atoms with Crippen molar-refractivity contribution in [2.75, 3.05) is 5.32 Å². The molecule has 0 spiro atoms. The third-order valence-electron chi connectivity index (χ3n) is 3.48. The van der Waals surface area contributed by atoms with Crippen LogP contribution in [-0.4, -0.2) is 17.0 Å². The molecule has 2 N–H and O–H groups in total. The van der Waals surface area contributed by atoms with Gasteiger partial charge in [0.2, 0.25) is 0 Å². The minimum Gasteiger partial charge on any atom is -0.478 e. The molecule has 1 amide bonds. The van der Waals surface area contributed by atoms with Gasteiger partial charge in [-0.15, -0.1) is 11.3 Å². The molecule has 0 radical (unpaired) electrons. The zero-order valence-corrected chi connectivity index (χ0v) is 15.8. The van der Waals surface area contributed by atoms with Crippen LogP contribution < -0.4 is 5.32 Å². The van der Waals surface area contributed by atoms with E-state index in [1.807, 2.05) is 24.3 Å². The molecule has 0 atom stereocenters. The molecule has 25 heavy (non-hydrogen) atoms. The molecule has 0 fully saturated rings. The molecule has 0 saturated heterocycles. The summed E-state index contributed by atoms with van der Waals surface area (Å²) in [6, 6.07) is 13.7. The molecule has 126 valence electrons. The van der Waals surface area contributed by atoms with Gasteiger partial charge >= 0.3 is 5.97 Å². The highest BCUT2D eigenvalue weighted by molar-refractivity contribution is 9.10. The van der Waals surface area contributed by atoms with Crippen LogP contribution >= 0.6 is 38.9 Å². The molecule has 1 aromatic heterocycles. The fourth-order valence-electron chi connectivity index (χ4n) is 2.30. The number of carbonyl (C=O) groups is 2. The first-order valence-corrected chi connectivity index (χ1v) is 9.19. The molecule has 0 saturated carbocycles. The maximum atomic E-state index is 12.4. The standard InChI is InChI=1S/C18H11BrClNO3S/c19-13-4-2-1-3-12(13)16-15(18(23)24)14(9-25-16)21-17(22)10-5-7-11(20)8-6-10/h1-9H,(H,21,22)(H,23,24). The molecule has 4 nitrogen and oxygen atoms in total. The third kappa shape index (κ3) is 3.76. The summed E-state index contributed by atoms with van der Waals surface area (Å²) in [5.41, 5.74) is 1.49. The number of rotatable bonds is 4. The summed E-state index contributed by atoms with van der Waals surface area (Å²) in [7, 11) is 0. The number of anilines is 1. The van der Waals surface area contributed by atoms with Crippen LogP contribution in [0.25, 0.3) is 10.4 Å². The van der Waals surface area contributed by atoms with Gasteiger partial charge < -0.3 is 10.4 Å². The Hall–Kier alpha value is -2.15. The van der Waals surface area contributed by atoms with Crippen LogP contribution in [0.15, 0.2) is 58.4 Å². The maximum absolute atomic E-state index is 12.4. The minimum atomic E-state index is -1.10. The summed E-state index contributed by atoms with van der Waals surface area (Å²) in [6.07, 6.45) is 0. The number of nitrogens with one attached hydrogen (secondary N) is 1. The number of aromatic carboxylic acids is 1. The second kappa shape index (κ2) is 7.39. The first-order chi connectivity index (χ1) is 12.0. The minimum absolute atomic E-state index is 0.0687. The van der Waals surface area contributed by atoms with Crippen LogP contribution in [0.2, 0.25) is 5.02 Å². The van der Waals surface area contributed by atoms with Gasteiger partial charge in [0.05, 0.1) is 10.6 Å². The van der Waals surface area contributed by atoms with E-state index in [9.17, 15) is 14.7 Å². The van der Waals surface area contributed by atoms with E-state index in [1.54, 1.807) is 29.6 Å². The van der Waals surface area contributed by atoms with Gasteiger partial charge in [0.25, 0.3) is 5.91 Å². The van der Waals surface area contributed by atoms with Crippen molar-refractivity contribution in [2.24, 2.45) is 0 Å². The van der Waals surface area contributed by atoms with Crippen molar-refractivity contribution in [3.8, 4) is 10.4 Å². The van der Waals surface area contributed by atoms with Gasteiger partial charge in [-0.05, 0) is 30.3 Å². The maximum Gasteiger partial charge on any atom is 0.339 e. The lowest BCUT2D eigenvalue weighted by Gasteiger charge is -2.07. The van der Waals surface area contributed by atoms with Crippen molar-refractivity contribution in [1.29, 1.82) is 0 Å². The Balaban J connectivity index is 1.98. The van der Waals surface area contributed by atoms with Crippen LogP contribution in [0.3, 0.4) is 0 Å². The average molecular weight is 437 g/mol. The Morgan fingerprint density at radius 3 is 2.40 bits per heavy atom. The van der Waals surface area contributed by atoms with Crippen molar-refractivity contribution in [1.82, 2.24) is 0 Å². The lowest BCUT2D eigenvalue weighted by molar-refractivity contribution is 0.0699. The Morgan fingerprint density at radius 2 is 1.76 bits per heavy atom. The molecule has 2 aromatic carbocycles. The Bertz CT molecular complexity index is 953. The summed E-state index contributed by atoms with van der Waals surface area (Å²) in [5.74, 6) is -1.49. The van der Waals surface area contributed by atoms with Crippen molar-refractivity contribution in [2.45, 2.75) is 0 Å². The highest BCUT2D eigenvalue weighted by Crippen LogP contribution is 2.39. The second-order valence-electron chi connectivity index (χ2n) is 5.10. The molecule has 3 aromatic rings. The molecular weight excluding hydrogens is 426 g/mol. The van der Waals surface area contributed by atoms with Crippen molar-refractivity contribution >= 4 is 56.4 Å². The summed E-state index contributed by atoms with van der Waals surface area (Å²) in [5, 5.41) is 14.5. The Kier molecular flexibility index (Phi) is 5.22. The quantitative estimate of drug-likeness (QED) is 0.544. The molecule has 0 aliphatic rings. The third-order valence-corrected chi connectivity index (χ3v) is 5.43. The molecule has 0 aliphatic heterocycles. The number of carboxylic acids is 1. The average Bonchev–Trinajstić information content (AvgIpc) is 2.99. The van der Waals surface area contributed by atoms with E-state index in [-0.39, 0.29) is 11.3 Å². The number of hydrogen-bond acceptors (Lipinski definition) is 3. The van der Waals surface area contributed by atoms with E-state index in [2.05, 4.69) is 21.2 Å². The number of amides is 1. The molecule has 0 bridgehead atoms. The first-order valence-electron chi connectivity index (χ1n) is 7.14. The van der Waals surface area contributed by atoms with Gasteiger partial charge in [0, 0.05) is 26.0 Å². The van der Waals surface area contributed by atoms with Crippen LogP contribution in [0.4, 0.5) is 5.69 Å². The van der Waals surface area contributed by atoms with Gasteiger partial charge in [-0.25, -0.2) is 4.79 Å². The molecule has 0 aliphatic carbocycles.